The van der Waals surface area contributed by atoms with Crippen LogP contribution in [0, 0.1) is 17.7 Å². The molecule has 25 heavy (non-hydrogen) atoms. The number of rotatable bonds is 5. The van der Waals surface area contributed by atoms with Crippen LogP contribution in [0.5, 0.6) is 0 Å². The standard InChI is InChI=1S/C15H17FN2O6S/c16-12-2-1-9(17-14(19)10-8-11(10)15(20)21)7-13(12)25(22,23)18-3-5-24-6-4-18/h1-2,7,10-11H,3-6,8H2,(H,17,19)(H,20,21). The fourth-order valence-corrected chi connectivity index (χ4v) is 4.20. The Labute approximate surface area is 143 Å². The SMILES string of the molecule is O=C(O)C1CC1C(=O)Nc1ccc(F)c(S(=O)(=O)N2CCOCC2)c1. The van der Waals surface area contributed by atoms with E-state index in [9.17, 15) is 22.4 Å². The summed E-state index contributed by atoms with van der Waals surface area (Å²) in [6.07, 6.45) is 0.237. The predicted molar refractivity (Wildman–Crippen MR) is 83.8 cm³/mol. The fourth-order valence-electron chi connectivity index (χ4n) is 2.70. The van der Waals surface area contributed by atoms with Gasteiger partial charge in [0.25, 0.3) is 0 Å². The van der Waals surface area contributed by atoms with Gasteiger partial charge in [0.1, 0.15) is 10.7 Å². The zero-order valence-corrected chi connectivity index (χ0v) is 14.0. The van der Waals surface area contributed by atoms with E-state index in [4.69, 9.17) is 9.84 Å². The minimum absolute atomic E-state index is 0.106. The average Bonchev–Trinajstić information content (AvgIpc) is 3.38. The summed E-state index contributed by atoms with van der Waals surface area (Å²) in [5.41, 5.74) is 0.106. The molecule has 2 N–H and O–H groups in total. The van der Waals surface area contributed by atoms with Gasteiger partial charge in [-0.1, -0.05) is 0 Å². The molecule has 1 aliphatic carbocycles. The van der Waals surface area contributed by atoms with E-state index in [-0.39, 0.29) is 38.4 Å². The lowest BCUT2D eigenvalue weighted by atomic mass is 10.2. The quantitative estimate of drug-likeness (QED) is 0.779. The number of nitrogens with one attached hydrogen (secondary N) is 1. The maximum atomic E-state index is 14.1. The van der Waals surface area contributed by atoms with Crippen molar-refractivity contribution < 1.29 is 32.2 Å². The number of aliphatic carboxylic acids is 1. The van der Waals surface area contributed by atoms with Crippen LogP contribution in [-0.4, -0.2) is 56.0 Å². The van der Waals surface area contributed by atoms with Crippen molar-refractivity contribution in [1.82, 2.24) is 4.31 Å². The summed E-state index contributed by atoms with van der Waals surface area (Å²) in [7, 11) is -4.05. The van der Waals surface area contributed by atoms with Crippen LogP contribution < -0.4 is 5.32 Å². The number of ether oxygens (including phenoxy) is 1. The molecule has 1 amide bonds. The van der Waals surface area contributed by atoms with Crippen molar-refractivity contribution in [2.45, 2.75) is 11.3 Å². The molecule has 8 nitrogen and oxygen atoms in total. The number of carbonyl (C=O) groups excluding carboxylic acids is 1. The van der Waals surface area contributed by atoms with Gasteiger partial charge in [0.05, 0.1) is 25.0 Å². The number of anilines is 1. The molecule has 1 aromatic rings. The van der Waals surface area contributed by atoms with E-state index in [0.717, 1.165) is 16.4 Å². The number of carboxylic acid groups (broad SMARTS) is 1. The largest absolute Gasteiger partial charge is 0.481 e. The Morgan fingerprint density at radius 2 is 1.92 bits per heavy atom. The number of carboxylic acids is 1. The third-order valence-electron chi connectivity index (χ3n) is 4.23. The minimum Gasteiger partial charge on any atom is -0.481 e. The molecule has 0 radical (unpaired) electrons. The molecule has 1 saturated carbocycles. The first-order valence-electron chi connectivity index (χ1n) is 7.72. The Morgan fingerprint density at radius 3 is 2.52 bits per heavy atom. The molecule has 3 rings (SSSR count). The Balaban J connectivity index is 1.79. The lowest BCUT2D eigenvalue weighted by Gasteiger charge is -2.26. The van der Waals surface area contributed by atoms with E-state index in [1.54, 1.807) is 0 Å². The van der Waals surface area contributed by atoms with Crippen LogP contribution in [0.2, 0.25) is 0 Å². The Hall–Kier alpha value is -2.04. The number of amides is 1. The van der Waals surface area contributed by atoms with Crippen LogP contribution in [-0.2, 0) is 24.3 Å². The lowest BCUT2D eigenvalue weighted by molar-refractivity contribution is -0.139. The number of nitrogens with zero attached hydrogens (tertiary/aromatic N) is 1. The third-order valence-corrected chi connectivity index (χ3v) is 6.14. The van der Waals surface area contributed by atoms with Gasteiger partial charge in [-0.3, -0.25) is 9.59 Å². The predicted octanol–water partition coefficient (Wildman–Crippen LogP) is 0.506. The van der Waals surface area contributed by atoms with E-state index in [1.807, 2.05) is 0 Å². The van der Waals surface area contributed by atoms with E-state index in [2.05, 4.69) is 5.32 Å². The summed E-state index contributed by atoms with van der Waals surface area (Å²) < 4.78 is 45.4. The summed E-state index contributed by atoms with van der Waals surface area (Å²) >= 11 is 0. The highest BCUT2D eigenvalue weighted by molar-refractivity contribution is 7.89. The molecule has 136 valence electrons. The van der Waals surface area contributed by atoms with Crippen LogP contribution in [0.4, 0.5) is 10.1 Å². The van der Waals surface area contributed by atoms with Gasteiger partial charge in [-0.05, 0) is 24.6 Å². The van der Waals surface area contributed by atoms with Crippen LogP contribution >= 0.6 is 0 Å². The number of hydrogen-bond donors (Lipinski definition) is 2. The molecule has 2 fully saturated rings. The lowest BCUT2D eigenvalue weighted by Crippen LogP contribution is -2.40. The summed E-state index contributed by atoms with van der Waals surface area (Å²) in [5, 5.41) is 11.3. The van der Waals surface area contributed by atoms with Crippen molar-refractivity contribution in [3.8, 4) is 0 Å². The molecule has 10 heteroatoms. The number of halogens is 1. The number of morpholine rings is 1. The monoisotopic (exact) mass is 372 g/mol. The molecule has 1 aliphatic heterocycles. The molecule has 1 aromatic carbocycles. The van der Waals surface area contributed by atoms with Gasteiger partial charge >= 0.3 is 5.97 Å². The smallest absolute Gasteiger partial charge is 0.307 e. The Morgan fingerprint density at radius 1 is 1.24 bits per heavy atom. The van der Waals surface area contributed by atoms with Gasteiger partial charge in [0, 0.05) is 18.8 Å². The van der Waals surface area contributed by atoms with E-state index >= 15 is 0 Å². The van der Waals surface area contributed by atoms with Crippen molar-refractivity contribution in [2.24, 2.45) is 11.8 Å². The summed E-state index contributed by atoms with van der Waals surface area (Å²) in [6, 6.07) is 3.25. The van der Waals surface area contributed by atoms with E-state index < -0.39 is 44.4 Å². The number of hydrogen-bond acceptors (Lipinski definition) is 5. The summed E-state index contributed by atoms with van der Waals surface area (Å²) in [6.45, 7) is 0.715. The van der Waals surface area contributed by atoms with Crippen molar-refractivity contribution in [3.63, 3.8) is 0 Å². The van der Waals surface area contributed by atoms with Gasteiger partial charge in [-0.2, -0.15) is 4.31 Å². The number of sulfonamides is 1. The van der Waals surface area contributed by atoms with Gasteiger partial charge in [0.2, 0.25) is 15.9 Å². The second-order valence-corrected chi connectivity index (χ2v) is 7.84. The minimum atomic E-state index is -4.05. The maximum absolute atomic E-state index is 14.1. The molecular formula is C15H17FN2O6S. The highest BCUT2D eigenvalue weighted by Gasteiger charge is 2.48. The molecule has 1 saturated heterocycles. The van der Waals surface area contributed by atoms with Gasteiger partial charge in [-0.15, -0.1) is 0 Å². The summed E-state index contributed by atoms with van der Waals surface area (Å²) in [4.78, 5) is 22.3. The molecule has 1 heterocycles. The summed E-state index contributed by atoms with van der Waals surface area (Å²) in [5.74, 6) is -3.86. The van der Waals surface area contributed by atoms with Crippen LogP contribution in [0.1, 0.15) is 6.42 Å². The van der Waals surface area contributed by atoms with Crippen molar-refractivity contribution in [1.29, 1.82) is 0 Å². The normalized spacial score (nSPS) is 23.9. The zero-order valence-electron chi connectivity index (χ0n) is 13.1. The highest BCUT2D eigenvalue weighted by atomic mass is 32.2. The third kappa shape index (κ3) is 3.65. The first-order chi connectivity index (χ1) is 11.8. The maximum Gasteiger partial charge on any atom is 0.307 e. The van der Waals surface area contributed by atoms with Crippen molar-refractivity contribution in [3.05, 3.63) is 24.0 Å². The van der Waals surface area contributed by atoms with Crippen LogP contribution in [0.3, 0.4) is 0 Å². The van der Waals surface area contributed by atoms with Gasteiger partial charge < -0.3 is 15.2 Å². The molecule has 0 spiro atoms. The molecule has 2 atom stereocenters. The topological polar surface area (TPSA) is 113 Å². The highest BCUT2D eigenvalue weighted by Crippen LogP contribution is 2.39. The van der Waals surface area contributed by atoms with Crippen LogP contribution in [0.15, 0.2) is 23.1 Å². The molecule has 2 aliphatic rings. The van der Waals surface area contributed by atoms with Crippen molar-refractivity contribution in [2.75, 3.05) is 31.6 Å². The van der Waals surface area contributed by atoms with Crippen molar-refractivity contribution >= 4 is 27.6 Å². The Kier molecular flexibility index (Phi) is 4.76. The number of carbonyl (C=O) groups is 2. The number of benzene rings is 1. The van der Waals surface area contributed by atoms with E-state index in [0.29, 0.717) is 0 Å². The Bertz CT molecular complexity index is 806. The second-order valence-electron chi connectivity index (χ2n) is 5.94. The molecule has 0 aromatic heterocycles. The van der Waals surface area contributed by atoms with Gasteiger partial charge in [0.15, 0.2) is 0 Å². The zero-order chi connectivity index (χ0) is 18.2. The molecular weight excluding hydrogens is 355 g/mol. The molecule has 2 unspecified atom stereocenters. The van der Waals surface area contributed by atoms with E-state index in [1.165, 1.54) is 6.07 Å². The first-order valence-corrected chi connectivity index (χ1v) is 9.16. The first kappa shape index (κ1) is 17.8. The average molecular weight is 372 g/mol. The molecule has 0 bridgehead atoms. The van der Waals surface area contributed by atoms with Gasteiger partial charge in [-0.25, -0.2) is 12.8 Å². The fraction of sp³-hybridized carbons (Fsp3) is 0.467. The van der Waals surface area contributed by atoms with Crippen LogP contribution in [0.25, 0.3) is 0 Å². The second kappa shape index (κ2) is 6.70.